The third-order valence-electron chi connectivity index (χ3n) is 4.48. The second-order valence-corrected chi connectivity index (χ2v) is 8.05. The van der Waals surface area contributed by atoms with E-state index in [0.717, 1.165) is 26.4 Å². The average Bonchev–Trinajstić information content (AvgIpc) is 3.01. The van der Waals surface area contributed by atoms with Crippen LogP contribution < -0.4 is 0 Å². The molecular formula is C22H16Cl2FNS. The molecule has 4 rings (SSSR count). The van der Waals surface area contributed by atoms with E-state index in [1.807, 2.05) is 36.4 Å². The van der Waals surface area contributed by atoms with E-state index in [4.69, 9.17) is 23.2 Å². The van der Waals surface area contributed by atoms with Gasteiger partial charge in [0.25, 0.3) is 0 Å². The predicted octanol–water partition coefficient (Wildman–Crippen LogP) is 7.43. The Morgan fingerprint density at radius 2 is 1.59 bits per heavy atom. The van der Waals surface area contributed by atoms with Crippen LogP contribution in [-0.4, -0.2) is 4.57 Å². The highest BCUT2D eigenvalue weighted by molar-refractivity contribution is 7.98. The Kier molecular flexibility index (Phi) is 5.44. The lowest BCUT2D eigenvalue weighted by Gasteiger charge is -2.07. The monoisotopic (exact) mass is 415 g/mol. The van der Waals surface area contributed by atoms with Crippen molar-refractivity contribution >= 4 is 45.9 Å². The molecule has 0 amide bonds. The normalized spacial score (nSPS) is 11.2. The molecule has 1 aromatic heterocycles. The van der Waals surface area contributed by atoms with Gasteiger partial charge in [0.15, 0.2) is 0 Å². The summed E-state index contributed by atoms with van der Waals surface area (Å²) in [5.41, 5.74) is 2.72. The van der Waals surface area contributed by atoms with E-state index in [0.29, 0.717) is 22.9 Å². The van der Waals surface area contributed by atoms with Crippen molar-refractivity contribution in [1.82, 2.24) is 4.57 Å². The quantitative estimate of drug-likeness (QED) is 0.306. The first-order chi connectivity index (χ1) is 13.1. The first kappa shape index (κ1) is 18.4. The number of rotatable bonds is 5. The van der Waals surface area contributed by atoms with Crippen LogP contribution in [0.25, 0.3) is 10.9 Å². The molecule has 3 aromatic carbocycles. The SMILES string of the molecule is Fc1cccc(Cl)c1CSc1cn(Cc2ccccc2Cl)c2ccccc12. The maximum Gasteiger partial charge on any atom is 0.128 e. The van der Waals surface area contributed by atoms with E-state index >= 15 is 0 Å². The molecule has 0 aliphatic heterocycles. The minimum atomic E-state index is -0.269. The lowest BCUT2D eigenvalue weighted by atomic mass is 10.2. The third kappa shape index (κ3) is 3.86. The molecule has 5 heteroatoms. The molecule has 1 nitrogen and oxygen atoms in total. The zero-order chi connectivity index (χ0) is 18.8. The average molecular weight is 416 g/mol. The number of aromatic nitrogens is 1. The van der Waals surface area contributed by atoms with Crippen LogP contribution in [0.2, 0.25) is 10.0 Å². The van der Waals surface area contributed by atoms with Gasteiger partial charge < -0.3 is 4.57 Å². The lowest BCUT2D eigenvalue weighted by Crippen LogP contribution is -1.98. The summed E-state index contributed by atoms with van der Waals surface area (Å²) >= 11 is 14.1. The first-order valence-corrected chi connectivity index (χ1v) is 10.2. The zero-order valence-corrected chi connectivity index (χ0v) is 16.7. The summed E-state index contributed by atoms with van der Waals surface area (Å²) in [5, 5.41) is 2.35. The molecule has 0 aliphatic carbocycles. The van der Waals surface area contributed by atoms with Crippen LogP contribution in [0.3, 0.4) is 0 Å². The fraction of sp³-hybridized carbons (Fsp3) is 0.0909. The van der Waals surface area contributed by atoms with Crippen molar-refractivity contribution in [1.29, 1.82) is 0 Å². The van der Waals surface area contributed by atoms with Crippen LogP contribution in [0.4, 0.5) is 4.39 Å². The Balaban J connectivity index is 1.67. The molecule has 0 saturated carbocycles. The topological polar surface area (TPSA) is 4.93 Å². The summed E-state index contributed by atoms with van der Waals surface area (Å²) in [4.78, 5) is 1.09. The Bertz CT molecular complexity index is 1090. The lowest BCUT2D eigenvalue weighted by molar-refractivity contribution is 0.617. The predicted molar refractivity (Wildman–Crippen MR) is 113 cm³/mol. The molecule has 0 radical (unpaired) electrons. The molecule has 0 fully saturated rings. The zero-order valence-electron chi connectivity index (χ0n) is 14.3. The number of nitrogens with zero attached hydrogens (tertiary/aromatic N) is 1. The fourth-order valence-electron chi connectivity index (χ4n) is 3.09. The van der Waals surface area contributed by atoms with Gasteiger partial charge in [-0.25, -0.2) is 4.39 Å². The number of benzene rings is 3. The van der Waals surface area contributed by atoms with Crippen molar-refractivity contribution < 1.29 is 4.39 Å². The van der Waals surface area contributed by atoms with Gasteiger partial charge in [0.05, 0.1) is 0 Å². The van der Waals surface area contributed by atoms with Crippen molar-refractivity contribution in [3.63, 3.8) is 0 Å². The first-order valence-electron chi connectivity index (χ1n) is 8.50. The number of hydrogen-bond acceptors (Lipinski definition) is 1. The summed E-state index contributed by atoms with van der Waals surface area (Å²) in [6.07, 6.45) is 2.10. The van der Waals surface area contributed by atoms with Crippen LogP contribution in [0.5, 0.6) is 0 Å². The molecule has 0 aliphatic rings. The van der Waals surface area contributed by atoms with Gasteiger partial charge in [0, 0.05) is 49.9 Å². The van der Waals surface area contributed by atoms with E-state index < -0.39 is 0 Å². The molecular weight excluding hydrogens is 400 g/mol. The van der Waals surface area contributed by atoms with Crippen LogP contribution in [0.1, 0.15) is 11.1 Å². The molecule has 0 N–H and O–H groups in total. The summed E-state index contributed by atoms with van der Waals surface area (Å²) in [6, 6.07) is 20.9. The van der Waals surface area contributed by atoms with E-state index in [1.54, 1.807) is 23.9 Å². The molecule has 4 aromatic rings. The summed E-state index contributed by atoms with van der Waals surface area (Å²) in [6.45, 7) is 0.682. The maximum atomic E-state index is 14.1. The fourth-order valence-corrected chi connectivity index (χ4v) is 4.72. The molecule has 0 atom stereocenters. The molecule has 27 heavy (non-hydrogen) atoms. The number of para-hydroxylation sites is 1. The smallest absolute Gasteiger partial charge is 0.128 e. The number of thioether (sulfide) groups is 1. The molecule has 0 spiro atoms. The van der Waals surface area contributed by atoms with Gasteiger partial charge in [-0.15, -0.1) is 11.8 Å². The van der Waals surface area contributed by atoms with Crippen molar-refractivity contribution in [2.75, 3.05) is 0 Å². The summed E-state index contributed by atoms with van der Waals surface area (Å²) in [5.74, 6) is 0.209. The Labute approximate surface area is 171 Å². The molecule has 0 unspecified atom stereocenters. The Morgan fingerprint density at radius 1 is 0.852 bits per heavy atom. The Hall–Kier alpha value is -1.94. The largest absolute Gasteiger partial charge is 0.342 e. The molecule has 1 heterocycles. The third-order valence-corrected chi connectivity index (χ3v) is 6.28. The minimum absolute atomic E-state index is 0.269. The highest BCUT2D eigenvalue weighted by Crippen LogP contribution is 2.35. The van der Waals surface area contributed by atoms with Crippen LogP contribution in [0.15, 0.2) is 77.8 Å². The van der Waals surface area contributed by atoms with Crippen molar-refractivity contribution in [3.8, 4) is 0 Å². The van der Waals surface area contributed by atoms with Crippen LogP contribution in [0, 0.1) is 5.82 Å². The van der Waals surface area contributed by atoms with Gasteiger partial charge in [0.1, 0.15) is 5.82 Å². The van der Waals surface area contributed by atoms with Gasteiger partial charge in [-0.3, -0.25) is 0 Å². The van der Waals surface area contributed by atoms with E-state index in [2.05, 4.69) is 22.9 Å². The van der Waals surface area contributed by atoms with Crippen LogP contribution >= 0.6 is 35.0 Å². The summed E-state index contributed by atoms with van der Waals surface area (Å²) < 4.78 is 16.3. The van der Waals surface area contributed by atoms with Gasteiger partial charge in [-0.2, -0.15) is 0 Å². The highest BCUT2D eigenvalue weighted by Gasteiger charge is 2.13. The molecule has 136 valence electrons. The number of fused-ring (bicyclic) bond motifs is 1. The van der Waals surface area contributed by atoms with Gasteiger partial charge >= 0.3 is 0 Å². The van der Waals surface area contributed by atoms with Crippen molar-refractivity contribution in [2.45, 2.75) is 17.2 Å². The second kappa shape index (κ2) is 7.97. The van der Waals surface area contributed by atoms with E-state index in [9.17, 15) is 4.39 Å². The van der Waals surface area contributed by atoms with E-state index in [-0.39, 0.29) is 5.82 Å². The number of halogens is 3. The van der Waals surface area contributed by atoms with Crippen molar-refractivity contribution in [3.05, 3.63) is 99.9 Å². The number of hydrogen-bond donors (Lipinski definition) is 0. The second-order valence-electron chi connectivity index (χ2n) is 6.22. The Morgan fingerprint density at radius 3 is 2.41 bits per heavy atom. The highest BCUT2D eigenvalue weighted by atomic mass is 35.5. The summed E-state index contributed by atoms with van der Waals surface area (Å²) in [7, 11) is 0. The van der Waals surface area contributed by atoms with Crippen LogP contribution in [-0.2, 0) is 12.3 Å². The van der Waals surface area contributed by atoms with Gasteiger partial charge in [-0.1, -0.05) is 65.7 Å². The van der Waals surface area contributed by atoms with Gasteiger partial charge in [-0.05, 0) is 29.8 Å². The van der Waals surface area contributed by atoms with E-state index in [1.165, 1.54) is 6.07 Å². The molecule has 0 bridgehead atoms. The standard InChI is InChI=1S/C22H16Cl2FNS/c23-18-8-3-1-6-15(18)12-26-13-22(16-7-2-4-11-21(16)26)27-14-17-19(24)9-5-10-20(17)25/h1-11,13H,12,14H2. The van der Waals surface area contributed by atoms with Gasteiger partial charge in [0.2, 0.25) is 0 Å². The maximum absolute atomic E-state index is 14.1. The molecule has 0 saturated heterocycles. The minimum Gasteiger partial charge on any atom is -0.342 e. The van der Waals surface area contributed by atoms with Crippen molar-refractivity contribution in [2.24, 2.45) is 0 Å².